The Balaban J connectivity index is 2.03. The highest BCUT2D eigenvalue weighted by Gasteiger charge is 2.32. The summed E-state index contributed by atoms with van der Waals surface area (Å²) in [4.78, 5) is 38.5. The summed E-state index contributed by atoms with van der Waals surface area (Å²) in [5.41, 5.74) is 0.544. The molecule has 0 amide bonds. The molecule has 0 aliphatic rings. The van der Waals surface area contributed by atoms with Gasteiger partial charge in [-0.15, -0.1) is 0 Å². The zero-order valence-electron chi connectivity index (χ0n) is 21.8. The van der Waals surface area contributed by atoms with Crippen molar-refractivity contribution in [3.8, 4) is 23.3 Å². The van der Waals surface area contributed by atoms with Crippen molar-refractivity contribution >= 4 is 34.9 Å². The molecule has 12 nitrogen and oxygen atoms in total. The van der Waals surface area contributed by atoms with E-state index >= 15 is 0 Å². The van der Waals surface area contributed by atoms with Crippen molar-refractivity contribution in [2.45, 2.75) is 19.0 Å². The van der Waals surface area contributed by atoms with E-state index in [2.05, 4.69) is 20.3 Å². The highest BCUT2D eigenvalue weighted by Crippen LogP contribution is 2.36. The first-order valence-electron chi connectivity index (χ1n) is 12.0. The van der Waals surface area contributed by atoms with E-state index < -0.39 is 12.0 Å². The average Bonchev–Trinajstić information content (AvgIpc) is 3.32. The van der Waals surface area contributed by atoms with E-state index in [1.807, 2.05) is 0 Å². The van der Waals surface area contributed by atoms with Gasteiger partial charge in [-0.05, 0) is 30.2 Å². The third-order valence-electron chi connectivity index (χ3n) is 6.02. The van der Waals surface area contributed by atoms with Gasteiger partial charge in [0.05, 0.1) is 36.5 Å². The van der Waals surface area contributed by atoms with Crippen LogP contribution in [0.25, 0.3) is 11.4 Å². The Morgan fingerprint density at radius 2 is 1.85 bits per heavy atom. The Morgan fingerprint density at radius 3 is 2.48 bits per heavy atom. The summed E-state index contributed by atoms with van der Waals surface area (Å²) in [7, 11) is 4.36. The minimum Gasteiger partial charge on any atom is -0.480 e. The second kappa shape index (κ2) is 12.4. The van der Waals surface area contributed by atoms with Gasteiger partial charge in [0.1, 0.15) is 11.5 Å². The molecule has 1 atom stereocenters. The first-order valence-corrected chi connectivity index (χ1v) is 12.7. The first-order chi connectivity index (χ1) is 19.2. The summed E-state index contributed by atoms with van der Waals surface area (Å²) < 4.78 is 13.5. The number of aromatic nitrogens is 5. The van der Waals surface area contributed by atoms with Crippen LogP contribution in [0.3, 0.4) is 0 Å². The van der Waals surface area contributed by atoms with Gasteiger partial charge in [0.15, 0.2) is 5.69 Å². The summed E-state index contributed by atoms with van der Waals surface area (Å²) >= 11 is 12.4. The summed E-state index contributed by atoms with van der Waals surface area (Å²) in [5, 5.41) is 23.9. The number of aliphatic hydroxyl groups excluding tert-OH is 1. The van der Waals surface area contributed by atoms with Gasteiger partial charge in [0.2, 0.25) is 5.88 Å². The van der Waals surface area contributed by atoms with E-state index in [1.54, 1.807) is 35.9 Å². The van der Waals surface area contributed by atoms with E-state index in [4.69, 9.17) is 32.7 Å². The quantitative estimate of drug-likeness (QED) is 0.236. The van der Waals surface area contributed by atoms with Gasteiger partial charge in [0.25, 0.3) is 5.56 Å². The number of pyridine rings is 1. The first kappa shape index (κ1) is 28.9. The number of imidazole rings is 1. The fraction of sp³-hybridized carbons (Fsp3) is 0.269. The van der Waals surface area contributed by atoms with Crippen LogP contribution in [-0.2, 0) is 13.6 Å². The molecule has 4 aromatic rings. The Labute approximate surface area is 238 Å². The Kier molecular flexibility index (Phi) is 8.93. The number of carbonyl (C=O) groups is 1. The lowest BCUT2D eigenvalue weighted by Gasteiger charge is -2.24. The van der Waals surface area contributed by atoms with Crippen LogP contribution in [0.4, 0.5) is 5.69 Å². The van der Waals surface area contributed by atoms with Crippen molar-refractivity contribution in [2.75, 3.05) is 26.1 Å². The number of hydrogen-bond acceptors (Lipinski definition) is 9. The van der Waals surface area contributed by atoms with Crippen molar-refractivity contribution in [1.82, 2.24) is 24.1 Å². The number of methoxy groups -OCH3 is 2. The van der Waals surface area contributed by atoms with Crippen molar-refractivity contribution < 1.29 is 24.5 Å². The normalized spacial score (nSPS) is 11.8. The predicted molar refractivity (Wildman–Crippen MR) is 149 cm³/mol. The molecule has 0 aliphatic carbocycles. The molecule has 0 fully saturated rings. The summed E-state index contributed by atoms with van der Waals surface area (Å²) in [5.74, 6) is -1.03. The van der Waals surface area contributed by atoms with Crippen molar-refractivity contribution in [1.29, 1.82) is 0 Å². The number of hydrogen-bond donors (Lipinski definition) is 3. The van der Waals surface area contributed by atoms with E-state index in [0.29, 0.717) is 21.2 Å². The summed E-state index contributed by atoms with van der Waals surface area (Å²) in [6, 6.07) is 7.31. The lowest BCUT2D eigenvalue weighted by molar-refractivity contribution is 0.0689. The number of aryl methyl sites for hydroxylation is 1. The van der Waals surface area contributed by atoms with Crippen LogP contribution in [0.1, 0.15) is 34.2 Å². The average molecular weight is 589 g/mol. The fourth-order valence-corrected chi connectivity index (χ4v) is 4.61. The topological polar surface area (TPSA) is 154 Å². The molecule has 3 aromatic heterocycles. The molecule has 40 heavy (non-hydrogen) atoms. The molecular formula is C26H26Cl2N6O6. The van der Waals surface area contributed by atoms with Gasteiger partial charge < -0.3 is 34.1 Å². The van der Waals surface area contributed by atoms with E-state index in [9.17, 15) is 19.8 Å². The molecule has 0 spiro atoms. The molecule has 1 unspecified atom stereocenters. The Hall–Kier alpha value is -4.13. The van der Waals surface area contributed by atoms with Crippen molar-refractivity contribution in [2.24, 2.45) is 7.05 Å². The van der Waals surface area contributed by atoms with Crippen LogP contribution in [0, 0.1) is 0 Å². The van der Waals surface area contributed by atoms with Crippen molar-refractivity contribution in [3.63, 3.8) is 0 Å². The number of benzene rings is 1. The van der Waals surface area contributed by atoms with Crippen LogP contribution in [0.15, 0.2) is 47.5 Å². The molecule has 3 heterocycles. The fourth-order valence-electron chi connectivity index (χ4n) is 4.23. The van der Waals surface area contributed by atoms with E-state index in [-0.39, 0.29) is 59.9 Å². The summed E-state index contributed by atoms with van der Waals surface area (Å²) in [6.45, 7) is -0.0143. The van der Waals surface area contributed by atoms with Crippen molar-refractivity contribution in [3.05, 3.63) is 80.1 Å². The Morgan fingerprint density at radius 1 is 1.12 bits per heavy atom. The standard InChI is InChI=1S/C26H26Cl2N6O6/c1-33-13-16(28)11-18(24(33)36)30-19(14-5-7-15(27)8-6-14)21-20(25(37)38)31-22(34(21)9-4-10-35)17-12-29-26(40-3)32-23(17)39-2/h5-8,11-13,19,30,35H,4,9-10H2,1-3H3,(H,37,38). The third kappa shape index (κ3) is 5.88. The smallest absolute Gasteiger partial charge is 0.356 e. The number of nitrogens with zero attached hydrogens (tertiary/aromatic N) is 5. The number of aliphatic hydroxyl groups is 1. The number of ether oxygens (including phenoxy) is 2. The van der Waals surface area contributed by atoms with Crippen LogP contribution in [0.2, 0.25) is 10.0 Å². The van der Waals surface area contributed by atoms with Crippen LogP contribution in [-0.4, -0.2) is 61.1 Å². The van der Waals surface area contributed by atoms with Crippen LogP contribution < -0.4 is 20.3 Å². The van der Waals surface area contributed by atoms with E-state index in [0.717, 1.165) is 0 Å². The number of carboxylic acid groups (broad SMARTS) is 1. The van der Waals surface area contributed by atoms with Gasteiger partial charge in [-0.1, -0.05) is 35.3 Å². The van der Waals surface area contributed by atoms with Crippen LogP contribution >= 0.6 is 23.2 Å². The zero-order valence-corrected chi connectivity index (χ0v) is 23.3. The second-order valence-corrected chi connectivity index (χ2v) is 9.47. The zero-order chi connectivity index (χ0) is 29.0. The van der Waals surface area contributed by atoms with Gasteiger partial charge in [0, 0.05) is 37.6 Å². The predicted octanol–water partition coefficient (Wildman–Crippen LogP) is 3.64. The van der Waals surface area contributed by atoms with Crippen LogP contribution in [0.5, 0.6) is 11.9 Å². The molecule has 1 aromatic carbocycles. The summed E-state index contributed by atoms with van der Waals surface area (Å²) in [6.07, 6.45) is 3.14. The van der Waals surface area contributed by atoms with Gasteiger partial charge in [-0.25, -0.2) is 14.8 Å². The molecule has 0 bridgehead atoms. The number of carboxylic acids is 1. The maximum Gasteiger partial charge on any atom is 0.356 e. The van der Waals surface area contributed by atoms with E-state index in [1.165, 1.54) is 37.2 Å². The third-order valence-corrected chi connectivity index (χ3v) is 6.48. The SMILES string of the molecule is COc1ncc(-c2nc(C(=O)O)c(C(Nc3cc(Cl)cn(C)c3=O)c3ccc(Cl)cc3)n2CCCO)c(OC)n1. The number of halogens is 2. The minimum atomic E-state index is -1.31. The van der Waals surface area contributed by atoms with Gasteiger partial charge in [-0.2, -0.15) is 4.98 Å². The molecule has 14 heteroatoms. The second-order valence-electron chi connectivity index (χ2n) is 8.60. The molecule has 0 radical (unpaired) electrons. The number of anilines is 1. The lowest BCUT2D eigenvalue weighted by Crippen LogP contribution is -2.26. The maximum atomic E-state index is 13.0. The highest BCUT2D eigenvalue weighted by atomic mass is 35.5. The molecule has 210 valence electrons. The molecule has 0 saturated heterocycles. The number of aromatic carboxylic acids is 1. The Bertz CT molecular complexity index is 1590. The molecule has 3 N–H and O–H groups in total. The largest absolute Gasteiger partial charge is 0.480 e. The van der Waals surface area contributed by atoms with Gasteiger partial charge >= 0.3 is 12.0 Å². The lowest BCUT2D eigenvalue weighted by atomic mass is 10.0. The van der Waals surface area contributed by atoms with Gasteiger partial charge in [-0.3, -0.25) is 4.79 Å². The monoisotopic (exact) mass is 588 g/mol. The minimum absolute atomic E-state index is 0.0465. The molecule has 0 aliphatic heterocycles. The molecule has 0 saturated carbocycles. The maximum absolute atomic E-state index is 13.0. The number of nitrogens with one attached hydrogen (secondary N) is 1. The molecular weight excluding hydrogens is 563 g/mol. The highest BCUT2D eigenvalue weighted by molar-refractivity contribution is 6.31. The molecule has 4 rings (SSSR count). The number of rotatable bonds is 11.